The van der Waals surface area contributed by atoms with E-state index in [-0.39, 0.29) is 0 Å². The third kappa shape index (κ3) is 5.14. The summed E-state index contributed by atoms with van der Waals surface area (Å²) in [7, 11) is 0. The first kappa shape index (κ1) is 13.7. The summed E-state index contributed by atoms with van der Waals surface area (Å²) in [5, 5.41) is 0. The van der Waals surface area contributed by atoms with Gasteiger partial charge >= 0.3 is 0 Å². The van der Waals surface area contributed by atoms with Gasteiger partial charge in [0, 0.05) is 12.8 Å². The predicted molar refractivity (Wildman–Crippen MR) is 69.5 cm³/mol. The summed E-state index contributed by atoms with van der Waals surface area (Å²) in [4.78, 5) is 11.9. The van der Waals surface area contributed by atoms with Gasteiger partial charge in [-0.1, -0.05) is 65.2 Å². The van der Waals surface area contributed by atoms with Crippen molar-refractivity contribution < 1.29 is 4.79 Å². The van der Waals surface area contributed by atoms with Gasteiger partial charge in [-0.3, -0.25) is 4.79 Å². The van der Waals surface area contributed by atoms with Crippen molar-refractivity contribution in [3.05, 3.63) is 0 Å². The Morgan fingerprint density at radius 2 is 1.94 bits per heavy atom. The van der Waals surface area contributed by atoms with Crippen LogP contribution in [0.5, 0.6) is 0 Å². The van der Waals surface area contributed by atoms with E-state index in [1.807, 2.05) is 0 Å². The van der Waals surface area contributed by atoms with Crippen LogP contribution in [-0.2, 0) is 4.79 Å². The smallest absolute Gasteiger partial charge is 0.133 e. The zero-order chi connectivity index (χ0) is 11.8. The molecule has 16 heavy (non-hydrogen) atoms. The number of carbonyl (C=O) groups excluding carboxylic acids is 1. The summed E-state index contributed by atoms with van der Waals surface area (Å²) in [6, 6.07) is 0. The molecule has 1 aliphatic carbocycles. The van der Waals surface area contributed by atoms with Crippen LogP contribution in [-0.4, -0.2) is 5.78 Å². The average Bonchev–Trinajstić information content (AvgIpc) is 2.76. The maximum Gasteiger partial charge on any atom is 0.133 e. The molecule has 1 atom stereocenters. The molecule has 0 amide bonds. The van der Waals surface area contributed by atoms with E-state index >= 15 is 0 Å². The molecule has 0 aromatic rings. The van der Waals surface area contributed by atoms with E-state index in [0.717, 1.165) is 18.8 Å². The zero-order valence-corrected chi connectivity index (χ0v) is 11.1. The minimum absolute atomic E-state index is 0.537. The summed E-state index contributed by atoms with van der Waals surface area (Å²) < 4.78 is 0. The van der Waals surface area contributed by atoms with Gasteiger partial charge in [-0.2, -0.15) is 0 Å². The molecule has 0 spiro atoms. The normalized spacial score (nSPS) is 18.9. The number of Topliss-reactive ketones (excluding diaryl/α,β-unsaturated/α-hetero) is 1. The van der Waals surface area contributed by atoms with Gasteiger partial charge in [0.25, 0.3) is 0 Å². The van der Waals surface area contributed by atoms with Crippen LogP contribution in [0.15, 0.2) is 0 Å². The summed E-state index contributed by atoms with van der Waals surface area (Å²) in [6.45, 7) is 4.45. The Labute approximate surface area is 101 Å². The molecule has 0 saturated heterocycles. The minimum atomic E-state index is 0.537. The maximum atomic E-state index is 11.9. The van der Waals surface area contributed by atoms with Crippen molar-refractivity contribution >= 4 is 5.78 Å². The Morgan fingerprint density at radius 1 is 1.25 bits per heavy atom. The highest BCUT2D eigenvalue weighted by Gasteiger charge is 2.20. The molecule has 0 bridgehead atoms. The Hall–Kier alpha value is -0.330. The van der Waals surface area contributed by atoms with Crippen molar-refractivity contribution in [2.75, 3.05) is 0 Å². The lowest BCUT2D eigenvalue weighted by molar-refractivity contribution is -0.120. The number of hydrogen-bond donors (Lipinski definition) is 0. The van der Waals surface area contributed by atoms with Gasteiger partial charge in [0.1, 0.15) is 5.78 Å². The van der Waals surface area contributed by atoms with E-state index in [4.69, 9.17) is 0 Å². The van der Waals surface area contributed by atoms with Crippen molar-refractivity contribution in [1.29, 1.82) is 0 Å². The van der Waals surface area contributed by atoms with Crippen LogP contribution in [0.25, 0.3) is 0 Å². The maximum absolute atomic E-state index is 11.9. The van der Waals surface area contributed by atoms with E-state index in [0.29, 0.717) is 11.7 Å². The quantitative estimate of drug-likeness (QED) is 0.582. The molecular weight excluding hydrogens is 196 g/mol. The SMILES string of the molecule is CCCCC(CC)CC(=O)CC1CCCC1. The molecule has 0 radical (unpaired) electrons. The van der Waals surface area contributed by atoms with Crippen molar-refractivity contribution in [2.45, 2.75) is 78.1 Å². The molecule has 1 rings (SSSR count). The lowest BCUT2D eigenvalue weighted by Gasteiger charge is -2.15. The molecule has 1 unspecified atom stereocenters. The van der Waals surface area contributed by atoms with Crippen molar-refractivity contribution in [3.63, 3.8) is 0 Å². The first-order chi connectivity index (χ1) is 7.76. The largest absolute Gasteiger partial charge is 0.300 e. The highest BCUT2D eigenvalue weighted by Crippen LogP contribution is 2.29. The molecule has 1 heteroatoms. The third-order valence-corrected chi connectivity index (χ3v) is 4.05. The van der Waals surface area contributed by atoms with Crippen LogP contribution in [0, 0.1) is 11.8 Å². The predicted octanol–water partition coefficient (Wildman–Crippen LogP) is 4.74. The number of hydrogen-bond acceptors (Lipinski definition) is 1. The fraction of sp³-hybridized carbons (Fsp3) is 0.933. The van der Waals surface area contributed by atoms with Crippen molar-refractivity contribution in [2.24, 2.45) is 11.8 Å². The van der Waals surface area contributed by atoms with Crippen molar-refractivity contribution in [1.82, 2.24) is 0 Å². The van der Waals surface area contributed by atoms with Crippen LogP contribution in [0.2, 0.25) is 0 Å². The topological polar surface area (TPSA) is 17.1 Å². The van der Waals surface area contributed by atoms with E-state index in [9.17, 15) is 4.79 Å². The number of rotatable bonds is 8. The summed E-state index contributed by atoms with van der Waals surface area (Å²) in [5.74, 6) is 1.93. The van der Waals surface area contributed by atoms with Gasteiger partial charge in [0.2, 0.25) is 0 Å². The Kier molecular flexibility index (Phi) is 6.75. The zero-order valence-electron chi connectivity index (χ0n) is 11.1. The molecular formula is C15H28O. The van der Waals surface area contributed by atoms with E-state index < -0.39 is 0 Å². The first-order valence-corrected chi connectivity index (χ1v) is 7.27. The van der Waals surface area contributed by atoms with Crippen LogP contribution in [0.1, 0.15) is 78.1 Å². The van der Waals surface area contributed by atoms with Gasteiger partial charge in [0.05, 0.1) is 0 Å². The molecule has 1 aliphatic rings. The van der Waals surface area contributed by atoms with Gasteiger partial charge in [0.15, 0.2) is 0 Å². The third-order valence-electron chi connectivity index (χ3n) is 4.05. The van der Waals surface area contributed by atoms with Gasteiger partial charge in [-0.25, -0.2) is 0 Å². The lowest BCUT2D eigenvalue weighted by atomic mass is 9.90. The first-order valence-electron chi connectivity index (χ1n) is 7.27. The lowest BCUT2D eigenvalue weighted by Crippen LogP contribution is -2.11. The standard InChI is InChI=1S/C15H28O/c1-3-5-8-13(4-2)11-15(16)12-14-9-6-7-10-14/h13-14H,3-12H2,1-2H3. The second-order valence-corrected chi connectivity index (χ2v) is 5.51. The van der Waals surface area contributed by atoms with Gasteiger partial charge in [-0.15, -0.1) is 0 Å². The Balaban J connectivity index is 2.19. The van der Waals surface area contributed by atoms with E-state index in [2.05, 4.69) is 13.8 Å². The molecule has 0 N–H and O–H groups in total. The van der Waals surface area contributed by atoms with E-state index in [1.165, 1.54) is 51.4 Å². The van der Waals surface area contributed by atoms with Crippen LogP contribution in [0.3, 0.4) is 0 Å². The molecule has 0 aromatic carbocycles. The number of carbonyl (C=O) groups is 1. The highest BCUT2D eigenvalue weighted by atomic mass is 16.1. The molecule has 0 aromatic heterocycles. The number of unbranched alkanes of at least 4 members (excludes halogenated alkanes) is 1. The summed E-state index contributed by atoms with van der Waals surface area (Å²) >= 11 is 0. The molecule has 0 heterocycles. The van der Waals surface area contributed by atoms with E-state index in [1.54, 1.807) is 0 Å². The molecule has 0 aliphatic heterocycles. The highest BCUT2D eigenvalue weighted by molar-refractivity contribution is 5.78. The molecule has 1 nitrogen and oxygen atoms in total. The van der Waals surface area contributed by atoms with Gasteiger partial charge in [-0.05, 0) is 11.8 Å². The number of ketones is 1. The Morgan fingerprint density at radius 3 is 2.50 bits per heavy atom. The van der Waals surface area contributed by atoms with Crippen LogP contribution >= 0.6 is 0 Å². The summed E-state index contributed by atoms with van der Waals surface area (Å²) in [5.41, 5.74) is 0. The average molecular weight is 224 g/mol. The van der Waals surface area contributed by atoms with Crippen LogP contribution in [0.4, 0.5) is 0 Å². The van der Waals surface area contributed by atoms with Crippen LogP contribution < -0.4 is 0 Å². The molecule has 1 saturated carbocycles. The van der Waals surface area contributed by atoms with Gasteiger partial charge < -0.3 is 0 Å². The second kappa shape index (κ2) is 7.86. The van der Waals surface area contributed by atoms with Crippen molar-refractivity contribution in [3.8, 4) is 0 Å². The fourth-order valence-electron chi connectivity index (χ4n) is 2.89. The molecule has 94 valence electrons. The summed E-state index contributed by atoms with van der Waals surface area (Å²) in [6.07, 6.45) is 12.0. The molecule has 1 fully saturated rings. The Bertz CT molecular complexity index is 192. The fourth-order valence-corrected chi connectivity index (χ4v) is 2.89. The second-order valence-electron chi connectivity index (χ2n) is 5.51. The minimum Gasteiger partial charge on any atom is -0.300 e. The monoisotopic (exact) mass is 224 g/mol.